The van der Waals surface area contributed by atoms with Crippen LogP contribution in [0.3, 0.4) is 0 Å². The van der Waals surface area contributed by atoms with Crippen LogP contribution >= 0.6 is 11.6 Å². The van der Waals surface area contributed by atoms with Crippen molar-refractivity contribution in [3.8, 4) is 0 Å². The van der Waals surface area contributed by atoms with Crippen LogP contribution in [0.1, 0.15) is 31.9 Å². The summed E-state index contributed by atoms with van der Waals surface area (Å²) in [6, 6.07) is 0. The average molecular weight is 470 g/mol. The van der Waals surface area contributed by atoms with E-state index in [2.05, 4.69) is 22.2 Å². The van der Waals surface area contributed by atoms with Gasteiger partial charge in [0.2, 0.25) is 0 Å². The molecule has 3 aliphatic rings. The number of aromatic nitrogens is 4. The highest BCUT2D eigenvalue weighted by Crippen LogP contribution is 2.42. The lowest BCUT2D eigenvalue weighted by Crippen LogP contribution is -2.41. The van der Waals surface area contributed by atoms with Crippen LogP contribution in [-0.4, -0.2) is 63.4 Å². The summed E-state index contributed by atoms with van der Waals surface area (Å²) in [5.41, 5.74) is 3.32. The Kier molecular flexibility index (Phi) is 5.72. The van der Waals surface area contributed by atoms with E-state index < -0.39 is 0 Å². The molecule has 3 N–H and O–H groups in total. The lowest BCUT2D eigenvalue weighted by molar-refractivity contribution is 0.0975. The van der Waals surface area contributed by atoms with E-state index in [1.807, 2.05) is 0 Å². The number of hydrogen-bond acceptors (Lipinski definition) is 8. The number of aliphatic hydroxyl groups excluding tert-OH is 1. The number of fused-ring (bicyclic) bond motifs is 1. The molecule has 0 unspecified atom stereocenters. The van der Waals surface area contributed by atoms with E-state index in [1.165, 1.54) is 0 Å². The first-order valence-electron chi connectivity index (χ1n) is 11.2. The SMILES string of the molecule is CN/C=C1/C=CC(n2ncc3nc(N4CCC5(CC4)CO[C@@H](C)C5)c(CO)nc32)=C(Cl)C1=N. The monoisotopic (exact) mass is 469 g/mol. The van der Waals surface area contributed by atoms with Crippen molar-refractivity contribution in [3.05, 3.63) is 40.8 Å². The molecule has 2 aromatic heterocycles. The summed E-state index contributed by atoms with van der Waals surface area (Å²) < 4.78 is 7.43. The van der Waals surface area contributed by atoms with Crippen LogP contribution in [0.2, 0.25) is 0 Å². The normalized spacial score (nSPS) is 24.0. The van der Waals surface area contributed by atoms with E-state index in [4.69, 9.17) is 31.7 Å². The number of rotatable bonds is 4. The molecule has 0 amide bonds. The molecule has 10 heteroatoms. The van der Waals surface area contributed by atoms with Gasteiger partial charge in [-0.05, 0) is 43.8 Å². The van der Waals surface area contributed by atoms with Gasteiger partial charge in [-0.1, -0.05) is 11.6 Å². The summed E-state index contributed by atoms with van der Waals surface area (Å²) in [4.78, 5) is 11.8. The number of piperidine rings is 1. The molecule has 9 nitrogen and oxygen atoms in total. The molecule has 2 saturated heterocycles. The zero-order chi connectivity index (χ0) is 23.2. The van der Waals surface area contributed by atoms with Crippen LogP contribution < -0.4 is 10.2 Å². The van der Waals surface area contributed by atoms with Crippen molar-refractivity contribution in [1.29, 1.82) is 5.41 Å². The van der Waals surface area contributed by atoms with Gasteiger partial charge in [0.05, 0.1) is 42.0 Å². The molecule has 0 bridgehead atoms. The van der Waals surface area contributed by atoms with Crippen LogP contribution in [-0.2, 0) is 11.3 Å². The number of allylic oxidation sites excluding steroid dienone is 5. The molecule has 0 aromatic carbocycles. The molecule has 2 aromatic rings. The second kappa shape index (κ2) is 8.55. The zero-order valence-electron chi connectivity index (χ0n) is 18.8. The number of aliphatic hydroxyl groups is 1. The van der Waals surface area contributed by atoms with Crippen LogP contribution in [0.4, 0.5) is 5.82 Å². The Hall–Kier alpha value is -2.75. The molecule has 33 heavy (non-hydrogen) atoms. The number of nitrogens with one attached hydrogen (secondary N) is 2. The first-order chi connectivity index (χ1) is 15.9. The van der Waals surface area contributed by atoms with Crippen LogP contribution in [0.5, 0.6) is 0 Å². The summed E-state index contributed by atoms with van der Waals surface area (Å²) in [6.45, 7) is 4.46. The predicted octanol–water partition coefficient (Wildman–Crippen LogP) is 2.81. The third-order valence-electron chi connectivity index (χ3n) is 6.80. The maximum atomic E-state index is 10.1. The molecule has 1 atom stereocenters. The highest BCUT2D eigenvalue weighted by atomic mass is 35.5. The summed E-state index contributed by atoms with van der Waals surface area (Å²) in [7, 11) is 1.77. The summed E-state index contributed by atoms with van der Waals surface area (Å²) in [6.07, 6.45) is 10.5. The Morgan fingerprint density at radius 3 is 2.79 bits per heavy atom. The van der Waals surface area contributed by atoms with Gasteiger partial charge in [0.1, 0.15) is 11.2 Å². The fraction of sp³-hybridized carbons (Fsp3) is 0.478. The Balaban J connectivity index is 1.46. The van der Waals surface area contributed by atoms with Crippen LogP contribution in [0, 0.1) is 10.8 Å². The van der Waals surface area contributed by atoms with Crippen molar-refractivity contribution in [2.24, 2.45) is 5.41 Å². The molecule has 0 radical (unpaired) electrons. The molecule has 1 spiro atoms. The van der Waals surface area contributed by atoms with Gasteiger partial charge < -0.3 is 20.1 Å². The van der Waals surface area contributed by atoms with Gasteiger partial charge in [-0.3, -0.25) is 5.41 Å². The van der Waals surface area contributed by atoms with E-state index in [-0.39, 0.29) is 22.8 Å². The maximum absolute atomic E-state index is 10.1. The first kappa shape index (κ1) is 22.1. The largest absolute Gasteiger partial charge is 0.393 e. The molecular weight excluding hydrogens is 442 g/mol. The van der Waals surface area contributed by atoms with Gasteiger partial charge in [0.25, 0.3) is 0 Å². The van der Waals surface area contributed by atoms with Crippen molar-refractivity contribution in [3.63, 3.8) is 0 Å². The topological polar surface area (TPSA) is 112 Å². The Labute approximate surface area is 197 Å². The highest BCUT2D eigenvalue weighted by Gasteiger charge is 2.41. The minimum atomic E-state index is -0.223. The number of hydrogen-bond donors (Lipinski definition) is 3. The maximum Gasteiger partial charge on any atom is 0.182 e. The summed E-state index contributed by atoms with van der Waals surface area (Å²) in [5, 5.41) is 26.1. The lowest BCUT2D eigenvalue weighted by Gasteiger charge is -2.39. The number of ether oxygens (including phenoxy) is 1. The molecule has 5 rings (SSSR count). The van der Waals surface area contributed by atoms with Crippen molar-refractivity contribution in [2.45, 2.75) is 38.9 Å². The van der Waals surface area contributed by atoms with E-state index in [9.17, 15) is 5.11 Å². The highest BCUT2D eigenvalue weighted by molar-refractivity contribution is 6.49. The van der Waals surface area contributed by atoms with E-state index in [1.54, 1.807) is 36.3 Å². The van der Waals surface area contributed by atoms with Crippen LogP contribution in [0.25, 0.3) is 16.9 Å². The minimum absolute atomic E-state index is 0.201. The Bertz CT molecular complexity index is 1190. The van der Waals surface area contributed by atoms with Crippen molar-refractivity contribution in [2.75, 3.05) is 31.6 Å². The van der Waals surface area contributed by atoms with Gasteiger partial charge in [0, 0.05) is 31.9 Å². The Morgan fingerprint density at radius 2 is 2.12 bits per heavy atom. The first-order valence-corrected chi connectivity index (χ1v) is 11.6. The van der Waals surface area contributed by atoms with Crippen molar-refractivity contribution >= 4 is 40.0 Å². The smallest absolute Gasteiger partial charge is 0.182 e. The van der Waals surface area contributed by atoms with E-state index in [0.717, 1.165) is 39.0 Å². The predicted molar refractivity (Wildman–Crippen MR) is 128 cm³/mol. The van der Waals surface area contributed by atoms with E-state index in [0.29, 0.717) is 40.0 Å². The molecule has 2 aliphatic heterocycles. The fourth-order valence-electron chi connectivity index (χ4n) is 5.02. The number of anilines is 1. The van der Waals surface area contributed by atoms with Gasteiger partial charge >= 0.3 is 0 Å². The van der Waals surface area contributed by atoms with Gasteiger partial charge in [-0.25, -0.2) is 14.6 Å². The van der Waals surface area contributed by atoms with Gasteiger partial charge in [0.15, 0.2) is 11.5 Å². The fourth-order valence-corrected chi connectivity index (χ4v) is 5.27. The molecule has 4 heterocycles. The lowest BCUT2D eigenvalue weighted by atomic mass is 9.77. The average Bonchev–Trinajstić information content (AvgIpc) is 3.40. The number of halogens is 1. The molecule has 2 fully saturated rings. The van der Waals surface area contributed by atoms with E-state index >= 15 is 0 Å². The Morgan fingerprint density at radius 1 is 1.33 bits per heavy atom. The zero-order valence-corrected chi connectivity index (χ0v) is 19.6. The minimum Gasteiger partial charge on any atom is -0.393 e. The third-order valence-corrected chi connectivity index (χ3v) is 7.18. The summed E-state index contributed by atoms with van der Waals surface area (Å²) in [5.74, 6) is 0.706. The van der Waals surface area contributed by atoms with Crippen molar-refractivity contribution < 1.29 is 9.84 Å². The van der Waals surface area contributed by atoms with Crippen molar-refractivity contribution in [1.82, 2.24) is 25.1 Å². The molecule has 0 saturated carbocycles. The van der Waals surface area contributed by atoms with Crippen LogP contribution in [0.15, 0.2) is 35.2 Å². The number of nitrogens with zero attached hydrogens (tertiary/aromatic N) is 5. The third kappa shape index (κ3) is 3.84. The second-order valence-electron chi connectivity index (χ2n) is 9.03. The second-order valence-corrected chi connectivity index (χ2v) is 9.40. The summed E-state index contributed by atoms with van der Waals surface area (Å²) >= 11 is 6.51. The van der Waals surface area contributed by atoms with Gasteiger partial charge in [-0.2, -0.15) is 5.10 Å². The molecule has 174 valence electrons. The molecule has 1 aliphatic carbocycles. The van der Waals surface area contributed by atoms with Gasteiger partial charge in [-0.15, -0.1) is 0 Å². The molecular formula is C23H28ClN7O2. The standard InChI is InChI=1S/C23H28ClN7O2/c1-14-9-23(13-33-14)5-7-30(8-6-23)21-17(12-32)29-22-16(28-21)11-27-31(22)18-4-3-15(10-26-2)20(25)19(18)24/h3-4,10-11,14,25-26,32H,5-9,12-13H2,1-2H3/b15-10-,25-20?/t14-/m0/s1. The quantitative estimate of drug-likeness (QED) is 0.631.